The van der Waals surface area contributed by atoms with Gasteiger partial charge in [0.15, 0.2) is 0 Å². The van der Waals surface area contributed by atoms with Crippen LogP contribution >= 0.6 is 0 Å². The molecule has 0 aliphatic carbocycles. The molecule has 0 aliphatic rings. The molecular formula is C10H14O7. The van der Waals surface area contributed by atoms with Crippen molar-refractivity contribution in [3.63, 3.8) is 0 Å². The van der Waals surface area contributed by atoms with Gasteiger partial charge in [-0.25, -0.2) is 14.4 Å². The lowest BCUT2D eigenvalue weighted by molar-refractivity contribution is -0.132. The minimum Gasteiger partial charge on any atom is -0.478 e. The minimum atomic E-state index is -0.981. The van der Waals surface area contributed by atoms with Gasteiger partial charge in [-0.15, -0.1) is 0 Å². The Kier molecular flexibility index (Phi) is 32.6. The highest BCUT2D eigenvalue weighted by Crippen LogP contribution is 1.55. The first-order valence-corrected chi connectivity index (χ1v) is 3.66. The standard InChI is InChI=1S/3C3H4O2.CH2O/c3*1-2-3(4)5;1-2/h3*2H,1H2,(H,4,5);1H2. The smallest absolute Gasteiger partial charge is 0.327 e. The summed E-state index contributed by atoms with van der Waals surface area (Å²) in [6.07, 6.45) is 2.50. The van der Waals surface area contributed by atoms with Gasteiger partial charge >= 0.3 is 17.9 Å². The van der Waals surface area contributed by atoms with Crippen LogP contribution in [0.25, 0.3) is 0 Å². The summed E-state index contributed by atoms with van der Waals surface area (Å²) in [5.74, 6) is -2.94. The van der Waals surface area contributed by atoms with Crippen molar-refractivity contribution >= 4 is 24.7 Å². The van der Waals surface area contributed by atoms with Crippen LogP contribution in [0, 0.1) is 0 Å². The topological polar surface area (TPSA) is 129 Å². The van der Waals surface area contributed by atoms with E-state index in [9.17, 15) is 14.4 Å². The van der Waals surface area contributed by atoms with E-state index in [0.717, 1.165) is 18.2 Å². The number of carboxylic acids is 3. The normalized spacial score (nSPS) is 5.88. The van der Waals surface area contributed by atoms with E-state index in [2.05, 4.69) is 19.7 Å². The van der Waals surface area contributed by atoms with Crippen LogP contribution in [-0.2, 0) is 19.2 Å². The van der Waals surface area contributed by atoms with Crippen LogP contribution in [0.5, 0.6) is 0 Å². The van der Waals surface area contributed by atoms with Crippen LogP contribution in [0.4, 0.5) is 0 Å². The van der Waals surface area contributed by atoms with Crippen LogP contribution in [-0.4, -0.2) is 40.0 Å². The van der Waals surface area contributed by atoms with E-state index < -0.39 is 17.9 Å². The first kappa shape index (κ1) is 23.8. The Hall–Kier alpha value is -2.70. The quantitative estimate of drug-likeness (QED) is 0.621. The maximum atomic E-state index is 9.25. The molecule has 0 radical (unpaired) electrons. The second-order valence-corrected chi connectivity index (χ2v) is 1.63. The minimum absolute atomic E-state index is 0.833. The van der Waals surface area contributed by atoms with E-state index in [1.165, 1.54) is 0 Å². The predicted octanol–water partition coefficient (Wildman–Crippen LogP) is 0.586. The molecule has 7 nitrogen and oxygen atoms in total. The van der Waals surface area contributed by atoms with Gasteiger partial charge in [-0.2, -0.15) is 0 Å². The zero-order valence-electron chi connectivity index (χ0n) is 9.04. The Morgan fingerprint density at radius 2 is 0.706 bits per heavy atom. The Morgan fingerprint density at radius 1 is 0.647 bits per heavy atom. The van der Waals surface area contributed by atoms with Crippen molar-refractivity contribution in [3.05, 3.63) is 38.0 Å². The number of carbonyl (C=O) groups is 4. The van der Waals surface area contributed by atoms with E-state index in [1.807, 2.05) is 6.79 Å². The summed E-state index contributed by atoms with van der Waals surface area (Å²) in [5, 5.41) is 22.8. The largest absolute Gasteiger partial charge is 0.478 e. The first-order chi connectivity index (χ1) is 7.81. The van der Waals surface area contributed by atoms with Crippen molar-refractivity contribution in [1.82, 2.24) is 0 Å². The third-order valence-corrected chi connectivity index (χ3v) is 0.524. The maximum absolute atomic E-state index is 9.25. The van der Waals surface area contributed by atoms with Gasteiger partial charge in [-0.1, -0.05) is 19.7 Å². The van der Waals surface area contributed by atoms with Crippen molar-refractivity contribution < 1.29 is 34.5 Å². The van der Waals surface area contributed by atoms with Crippen molar-refractivity contribution in [1.29, 1.82) is 0 Å². The molecule has 0 unspecified atom stereocenters. The highest BCUT2D eigenvalue weighted by atomic mass is 16.4. The summed E-state index contributed by atoms with van der Waals surface area (Å²) >= 11 is 0. The van der Waals surface area contributed by atoms with Crippen molar-refractivity contribution in [2.45, 2.75) is 0 Å². The SMILES string of the molecule is C=CC(=O)O.C=CC(=O)O.C=CC(=O)O.C=O. The van der Waals surface area contributed by atoms with Crippen LogP contribution in [0.3, 0.4) is 0 Å². The summed E-state index contributed by atoms with van der Waals surface area (Å²) in [6.45, 7) is 10.9. The number of carbonyl (C=O) groups excluding carboxylic acids is 1. The lowest BCUT2D eigenvalue weighted by atomic mass is 10.7. The molecule has 0 saturated carbocycles. The summed E-state index contributed by atoms with van der Waals surface area (Å²) in [6, 6.07) is 0. The fourth-order valence-electron chi connectivity index (χ4n) is 0. The molecule has 0 atom stereocenters. The monoisotopic (exact) mass is 246 g/mol. The number of carboxylic acid groups (broad SMARTS) is 3. The van der Waals surface area contributed by atoms with Crippen LogP contribution in [0.1, 0.15) is 0 Å². The summed E-state index contributed by atoms with van der Waals surface area (Å²) < 4.78 is 0. The van der Waals surface area contributed by atoms with E-state index in [4.69, 9.17) is 20.1 Å². The highest BCUT2D eigenvalue weighted by Gasteiger charge is 1.74. The molecule has 0 heterocycles. The molecule has 0 saturated heterocycles. The van der Waals surface area contributed by atoms with Gasteiger partial charge < -0.3 is 20.1 Å². The summed E-state index contributed by atoms with van der Waals surface area (Å²) in [5.41, 5.74) is 0. The lowest BCUT2D eigenvalue weighted by Gasteiger charge is -1.64. The molecule has 0 rings (SSSR count). The Morgan fingerprint density at radius 3 is 0.706 bits per heavy atom. The molecule has 17 heavy (non-hydrogen) atoms. The van der Waals surface area contributed by atoms with Crippen LogP contribution < -0.4 is 0 Å². The van der Waals surface area contributed by atoms with Gasteiger partial charge in [-0.05, 0) is 0 Å². The van der Waals surface area contributed by atoms with E-state index in [1.54, 1.807) is 0 Å². The number of aliphatic carboxylic acids is 3. The van der Waals surface area contributed by atoms with Crippen molar-refractivity contribution in [2.24, 2.45) is 0 Å². The molecule has 7 heteroatoms. The Balaban J connectivity index is -0.0000000693. The highest BCUT2D eigenvalue weighted by molar-refractivity contribution is 5.79. The van der Waals surface area contributed by atoms with E-state index in [-0.39, 0.29) is 0 Å². The molecule has 0 aromatic heterocycles. The third kappa shape index (κ3) is 156. The van der Waals surface area contributed by atoms with Gasteiger partial charge in [0.25, 0.3) is 0 Å². The van der Waals surface area contributed by atoms with Crippen molar-refractivity contribution in [2.75, 3.05) is 0 Å². The van der Waals surface area contributed by atoms with E-state index in [0.29, 0.717) is 0 Å². The first-order valence-electron chi connectivity index (χ1n) is 3.66. The summed E-state index contributed by atoms with van der Waals surface area (Å²) in [4.78, 5) is 35.8. The van der Waals surface area contributed by atoms with Crippen LogP contribution in [0.15, 0.2) is 38.0 Å². The molecule has 0 bridgehead atoms. The number of rotatable bonds is 3. The zero-order valence-corrected chi connectivity index (χ0v) is 9.04. The van der Waals surface area contributed by atoms with Gasteiger partial charge in [0.1, 0.15) is 6.79 Å². The van der Waals surface area contributed by atoms with Crippen molar-refractivity contribution in [3.8, 4) is 0 Å². The Bertz CT molecular complexity index is 225. The van der Waals surface area contributed by atoms with Gasteiger partial charge in [0, 0.05) is 18.2 Å². The summed E-state index contributed by atoms with van der Waals surface area (Å²) in [7, 11) is 0. The van der Waals surface area contributed by atoms with Gasteiger partial charge in [0.2, 0.25) is 0 Å². The molecular weight excluding hydrogens is 232 g/mol. The third-order valence-electron chi connectivity index (χ3n) is 0.524. The zero-order chi connectivity index (χ0) is 14.9. The molecule has 0 fully saturated rings. The fourth-order valence-corrected chi connectivity index (χ4v) is 0. The molecule has 96 valence electrons. The molecule has 0 amide bonds. The van der Waals surface area contributed by atoms with Crippen LogP contribution in [0.2, 0.25) is 0 Å². The second kappa shape index (κ2) is 23.3. The molecule has 0 aliphatic heterocycles. The lowest BCUT2D eigenvalue weighted by Crippen LogP contribution is -1.82. The molecule has 0 spiro atoms. The molecule has 0 aromatic carbocycles. The fraction of sp³-hybridized carbons (Fsp3) is 0. The van der Waals surface area contributed by atoms with Gasteiger partial charge in [-0.3, -0.25) is 0 Å². The molecule has 3 N–H and O–H groups in total. The van der Waals surface area contributed by atoms with E-state index >= 15 is 0 Å². The number of hydrogen-bond acceptors (Lipinski definition) is 4. The number of hydrogen-bond donors (Lipinski definition) is 3. The maximum Gasteiger partial charge on any atom is 0.327 e. The molecule has 0 aromatic rings. The van der Waals surface area contributed by atoms with Gasteiger partial charge in [0.05, 0.1) is 0 Å². The average molecular weight is 246 g/mol. The second-order valence-electron chi connectivity index (χ2n) is 1.63. The predicted molar refractivity (Wildman–Crippen MR) is 60.6 cm³/mol. The Labute approximate surface area is 98.0 Å². The average Bonchev–Trinajstić information content (AvgIpc) is 2.32.